The maximum atomic E-state index is 8.52. The molecular formula is C11H22N4O. The predicted molar refractivity (Wildman–Crippen MR) is 63.7 cm³/mol. The molecule has 0 amide bonds. The van der Waals surface area contributed by atoms with E-state index in [9.17, 15) is 0 Å². The first-order chi connectivity index (χ1) is 7.70. The molecule has 0 spiro atoms. The van der Waals surface area contributed by atoms with Crippen molar-refractivity contribution in [2.24, 2.45) is 10.9 Å². The van der Waals surface area contributed by atoms with E-state index in [-0.39, 0.29) is 0 Å². The fourth-order valence-corrected chi connectivity index (χ4v) is 2.87. The number of piperazine rings is 1. The van der Waals surface area contributed by atoms with Crippen molar-refractivity contribution in [3.05, 3.63) is 0 Å². The van der Waals surface area contributed by atoms with Gasteiger partial charge in [-0.05, 0) is 26.3 Å². The zero-order valence-corrected chi connectivity index (χ0v) is 9.97. The van der Waals surface area contributed by atoms with Crippen LogP contribution in [0, 0.1) is 0 Å². The van der Waals surface area contributed by atoms with Crippen LogP contribution < -0.4 is 5.73 Å². The summed E-state index contributed by atoms with van der Waals surface area (Å²) in [6.07, 6.45) is 3.33. The lowest BCUT2D eigenvalue weighted by Crippen LogP contribution is -2.55. The van der Waals surface area contributed by atoms with Gasteiger partial charge in [0.05, 0.1) is 0 Å². The Morgan fingerprint density at radius 1 is 1.50 bits per heavy atom. The Hall–Kier alpha value is -0.810. The average molecular weight is 226 g/mol. The molecule has 2 aliphatic heterocycles. The van der Waals surface area contributed by atoms with E-state index in [1.807, 2.05) is 0 Å². The third-order valence-corrected chi connectivity index (χ3v) is 3.85. The molecule has 0 aromatic carbocycles. The third kappa shape index (κ3) is 2.47. The van der Waals surface area contributed by atoms with E-state index in [0.717, 1.165) is 19.1 Å². The van der Waals surface area contributed by atoms with Gasteiger partial charge in [0.15, 0.2) is 0 Å². The zero-order valence-electron chi connectivity index (χ0n) is 9.97. The first kappa shape index (κ1) is 11.7. The van der Waals surface area contributed by atoms with Crippen molar-refractivity contribution in [1.29, 1.82) is 0 Å². The van der Waals surface area contributed by atoms with Gasteiger partial charge in [0, 0.05) is 38.1 Å². The fraction of sp³-hybridized carbons (Fsp3) is 0.909. The summed E-state index contributed by atoms with van der Waals surface area (Å²) in [4.78, 5) is 5.06. The number of rotatable bonds is 3. The molecule has 2 atom stereocenters. The average Bonchev–Trinajstić information content (AvgIpc) is 2.72. The van der Waals surface area contributed by atoms with E-state index < -0.39 is 0 Å². The SMILES string of the molecule is CC1CN2CCCC2CN1CCC(N)=NO. The van der Waals surface area contributed by atoms with Gasteiger partial charge >= 0.3 is 0 Å². The lowest BCUT2D eigenvalue weighted by molar-refractivity contribution is 0.0615. The topological polar surface area (TPSA) is 65.1 Å². The molecular weight excluding hydrogens is 204 g/mol. The maximum Gasteiger partial charge on any atom is 0.140 e. The second-order valence-corrected chi connectivity index (χ2v) is 4.98. The van der Waals surface area contributed by atoms with Gasteiger partial charge in [-0.15, -0.1) is 0 Å². The summed E-state index contributed by atoms with van der Waals surface area (Å²) in [7, 11) is 0. The lowest BCUT2D eigenvalue weighted by atomic mass is 10.1. The minimum atomic E-state index is 0.334. The Labute approximate surface area is 96.9 Å². The normalized spacial score (nSPS) is 32.9. The van der Waals surface area contributed by atoms with Crippen molar-refractivity contribution >= 4 is 5.84 Å². The first-order valence-corrected chi connectivity index (χ1v) is 6.15. The van der Waals surface area contributed by atoms with E-state index in [1.165, 1.54) is 25.9 Å². The van der Waals surface area contributed by atoms with E-state index >= 15 is 0 Å². The molecule has 2 unspecified atom stereocenters. The number of amidine groups is 1. The molecule has 3 N–H and O–H groups in total. The third-order valence-electron chi connectivity index (χ3n) is 3.85. The molecule has 2 aliphatic rings. The first-order valence-electron chi connectivity index (χ1n) is 6.15. The van der Waals surface area contributed by atoms with Crippen LogP contribution in [0.1, 0.15) is 26.2 Å². The molecule has 16 heavy (non-hydrogen) atoms. The van der Waals surface area contributed by atoms with Crippen molar-refractivity contribution in [2.75, 3.05) is 26.2 Å². The van der Waals surface area contributed by atoms with E-state index in [0.29, 0.717) is 18.3 Å². The van der Waals surface area contributed by atoms with E-state index in [4.69, 9.17) is 10.9 Å². The summed E-state index contributed by atoms with van der Waals surface area (Å²) >= 11 is 0. The highest BCUT2D eigenvalue weighted by molar-refractivity contribution is 5.79. The quantitative estimate of drug-likeness (QED) is 0.314. The summed E-state index contributed by atoms with van der Waals surface area (Å²) in [6.45, 7) is 6.74. The molecule has 0 aliphatic carbocycles. The van der Waals surface area contributed by atoms with Gasteiger partial charge in [0.1, 0.15) is 5.84 Å². The van der Waals surface area contributed by atoms with Crippen molar-refractivity contribution < 1.29 is 5.21 Å². The van der Waals surface area contributed by atoms with Crippen molar-refractivity contribution in [3.63, 3.8) is 0 Å². The van der Waals surface area contributed by atoms with Gasteiger partial charge in [-0.1, -0.05) is 5.16 Å². The summed E-state index contributed by atoms with van der Waals surface area (Å²) < 4.78 is 0. The molecule has 0 aromatic heterocycles. The summed E-state index contributed by atoms with van der Waals surface area (Å²) in [5, 5.41) is 11.5. The molecule has 0 aromatic rings. The lowest BCUT2D eigenvalue weighted by Gasteiger charge is -2.42. The largest absolute Gasteiger partial charge is 0.409 e. The van der Waals surface area contributed by atoms with Gasteiger partial charge in [-0.25, -0.2) is 0 Å². The highest BCUT2D eigenvalue weighted by Gasteiger charge is 2.33. The van der Waals surface area contributed by atoms with Gasteiger partial charge in [0.2, 0.25) is 0 Å². The van der Waals surface area contributed by atoms with Gasteiger partial charge in [-0.3, -0.25) is 9.80 Å². The van der Waals surface area contributed by atoms with E-state index in [1.54, 1.807) is 0 Å². The second-order valence-electron chi connectivity index (χ2n) is 4.98. The molecule has 0 saturated carbocycles. The summed E-state index contributed by atoms with van der Waals surface area (Å²) in [6, 6.07) is 1.32. The Morgan fingerprint density at radius 2 is 2.31 bits per heavy atom. The minimum absolute atomic E-state index is 0.334. The van der Waals surface area contributed by atoms with Gasteiger partial charge in [0.25, 0.3) is 0 Å². The number of nitrogens with two attached hydrogens (primary N) is 1. The highest BCUT2D eigenvalue weighted by Crippen LogP contribution is 2.24. The van der Waals surface area contributed by atoms with Gasteiger partial charge < -0.3 is 10.9 Å². The Kier molecular flexibility index (Phi) is 3.66. The molecule has 0 bridgehead atoms. The van der Waals surface area contributed by atoms with Crippen LogP contribution in [0.3, 0.4) is 0 Å². The zero-order chi connectivity index (χ0) is 11.5. The van der Waals surface area contributed by atoms with Crippen LogP contribution >= 0.6 is 0 Å². The number of hydrogen-bond donors (Lipinski definition) is 2. The van der Waals surface area contributed by atoms with Crippen LogP contribution in [-0.2, 0) is 0 Å². The molecule has 2 saturated heterocycles. The summed E-state index contributed by atoms with van der Waals surface area (Å²) in [5.74, 6) is 0.334. The molecule has 5 heteroatoms. The fourth-order valence-electron chi connectivity index (χ4n) is 2.87. The molecule has 2 heterocycles. The van der Waals surface area contributed by atoms with Crippen LogP contribution in [0.5, 0.6) is 0 Å². The second kappa shape index (κ2) is 5.01. The van der Waals surface area contributed by atoms with Crippen molar-refractivity contribution in [3.8, 4) is 0 Å². The standard InChI is InChI=1S/C11H22N4O/c1-9-7-15-5-2-3-10(15)8-14(9)6-4-11(12)13-16/h9-10,16H,2-8H2,1H3,(H2,12,13). The molecule has 0 radical (unpaired) electrons. The van der Waals surface area contributed by atoms with Crippen LogP contribution in [0.25, 0.3) is 0 Å². The van der Waals surface area contributed by atoms with Crippen molar-refractivity contribution in [2.45, 2.75) is 38.3 Å². The molecule has 5 nitrogen and oxygen atoms in total. The van der Waals surface area contributed by atoms with Crippen LogP contribution in [0.4, 0.5) is 0 Å². The van der Waals surface area contributed by atoms with Crippen LogP contribution in [-0.4, -0.2) is 59.1 Å². The van der Waals surface area contributed by atoms with Crippen LogP contribution in [0.2, 0.25) is 0 Å². The predicted octanol–water partition coefficient (Wildman–Crippen LogP) is 0.291. The molecule has 2 fully saturated rings. The smallest absolute Gasteiger partial charge is 0.140 e. The highest BCUT2D eigenvalue weighted by atomic mass is 16.4. The van der Waals surface area contributed by atoms with E-state index in [2.05, 4.69) is 21.9 Å². The Balaban J connectivity index is 1.85. The Morgan fingerprint density at radius 3 is 3.06 bits per heavy atom. The number of oxime groups is 1. The molecule has 2 rings (SSSR count). The Bertz CT molecular complexity index is 269. The minimum Gasteiger partial charge on any atom is -0.409 e. The maximum absolute atomic E-state index is 8.52. The number of nitrogens with zero attached hydrogens (tertiary/aromatic N) is 3. The number of fused-ring (bicyclic) bond motifs is 1. The molecule has 92 valence electrons. The van der Waals surface area contributed by atoms with Crippen molar-refractivity contribution in [1.82, 2.24) is 9.80 Å². The monoisotopic (exact) mass is 226 g/mol. The van der Waals surface area contributed by atoms with Gasteiger partial charge in [-0.2, -0.15) is 0 Å². The summed E-state index contributed by atoms with van der Waals surface area (Å²) in [5.41, 5.74) is 5.51. The van der Waals surface area contributed by atoms with Crippen LogP contribution in [0.15, 0.2) is 5.16 Å². The number of hydrogen-bond acceptors (Lipinski definition) is 4.